The molecule has 0 spiro atoms. The van der Waals surface area contributed by atoms with Gasteiger partial charge in [-0.2, -0.15) is 0 Å². The topological polar surface area (TPSA) is 61.2 Å². The molecule has 0 unspecified atom stereocenters. The fourth-order valence-corrected chi connectivity index (χ4v) is 2.89. The second kappa shape index (κ2) is 7.03. The molecule has 3 rings (SSSR count). The van der Waals surface area contributed by atoms with Crippen molar-refractivity contribution in [1.82, 2.24) is 9.55 Å². The van der Waals surface area contributed by atoms with Crippen LogP contribution in [0.15, 0.2) is 58.2 Å². The molecular formula is C20H19BrN2O3. The number of hydrogen-bond donors (Lipinski definition) is 0. The lowest BCUT2D eigenvalue weighted by Crippen LogP contribution is -2.24. The molecule has 0 saturated heterocycles. The average molecular weight is 415 g/mol. The molecule has 5 nitrogen and oxygen atoms in total. The zero-order chi connectivity index (χ0) is 18.9. The van der Waals surface area contributed by atoms with Crippen LogP contribution >= 0.6 is 15.9 Å². The van der Waals surface area contributed by atoms with Gasteiger partial charge in [-0.15, -0.1) is 0 Å². The van der Waals surface area contributed by atoms with Gasteiger partial charge in [0.05, 0.1) is 17.5 Å². The number of pyridine rings is 2. The summed E-state index contributed by atoms with van der Waals surface area (Å²) in [7, 11) is 0. The number of benzene rings is 1. The zero-order valence-electron chi connectivity index (χ0n) is 14.8. The van der Waals surface area contributed by atoms with Crippen molar-refractivity contribution in [2.24, 2.45) is 0 Å². The van der Waals surface area contributed by atoms with E-state index in [1.807, 2.05) is 39.0 Å². The molecule has 2 aromatic heterocycles. The summed E-state index contributed by atoms with van der Waals surface area (Å²) < 4.78 is 7.62. The molecule has 0 aliphatic carbocycles. The molecule has 0 radical (unpaired) electrons. The van der Waals surface area contributed by atoms with Crippen LogP contribution in [-0.2, 0) is 11.3 Å². The number of carbonyl (C=O) groups excluding carboxylic acids is 1. The van der Waals surface area contributed by atoms with Gasteiger partial charge >= 0.3 is 5.97 Å². The maximum atomic E-state index is 12.7. The molecular weight excluding hydrogens is 396 g/mol. The molecule has 0 saturated carbocycles. The lowest BCUT2D eigenvalue weighted by atomic mass is 10.1. The first-order valence-corrected chi connectivity index (χ1v) is 8.99. The Kier molecular flexibility index (Phi) is 4.96. The Hall–Kier alpha value is -2.47. The Morgan fingerprint density at radius 1 is 1.19 bits per heavy atom. The second-order valence-corrected chi connectivity index (χ2v) is 7.85. The quantitative estimate of drug-likeness (QED) is 0.476. The maximum Gasteiger partial charge on any atom is 0.338 e. The molecule has 0 fully saturated rings. The summed E-state index contributed by atoms with van der Waals surface area (Å²) in [5.74, 6) is -0.357. The van der Waals surface area contributed by atoms with E-state index < -0.39 is 5.60 Å². The van der Waals surface area contributed by atoms with Gasteiger partial charge in [0.25, 0.3) is 5.56 Å². The number of esters is 1. The van der Waals surface area contributed by atoms with Crippen molar-refractivity contribution in [2.75, 3.05) is 0 Å². The summed E-state index contributed by atoms with van der Waals surface area (Å²) in [6, 6.07) is 10.7. The monoisotopic (exact) mass is 414 g/mol. The molecule has 134 valence electrons. The Morgan fingerprint density at radius 2 is 1.88 bits per heavy atom. The van der Waals surface area contributed by atoms with Crippen molar-refractivity contribution in [3.8, 4) is 0 Å². The third kappa shape index (κ3) is 4.19. The first-order valence-electron chi connectivity index (χ1n) is 8.20. The number of carbonyl (C=O) groups is 1. The number of hydrogen-bond acceptors (Lipinski definition) is 4. The second-order valence-electron chi connectivity index (χ2n) is 7.04. The van der Waals surface area contributed by atoms with Crippen LogP contribution < -0.4 is 5.56 Å². The van der Waals surface area contributed by atoms with Gasteiger partial charge in [-0.3, -0.25) is 4.79 Å². The molecule has 0 aliphatic heterocycles. The molecule has 0 N–H and O–H groups in total. The molecule has 0 amide bonds. The lowest BCUT2D eigenvalue weighted by Gasteiger charge is -2.19. The standard InChI is InChI=1S/C20H19BrN2O3/c1-20(2,3)26-19(25)14-6-4-13(5-7-14)12-23-9-8-15-11-22-17(21)10-16(15)18(23)24/h4-11H,12H2,1-3H3. The minimum absolute atomic E-state index is 0.0816. The van der Waals surface area contributed by atoms with Gasteiger partial charge in [-0.25, -0.2) is 9.78 Å². The van der Waals surface area contributed by atoms with Crippen molar-refractivity contribution in [2.45, 2.75) is 32.9 Å². The van der Waals surface area contributed by atoms with Gasteiger partial charge in [-0.1, -0.05) is 12.1 Å². The SMILES string of the molecule is CC(C)(C)OC(=O)c1ccc(Cn2ccc3cnc(Br)cc3c2=O)cc1. The van der Waals surface area contributed by atoms with Gasteiger partial charge in [0.2, 0.25) is 0 Å². The van der Waals surface area contributed by atoms with E-state index in [2.05, 4.69) is 20.9 Å². The Bertz CT molecular complexity index is 1020. The summed E-state index contributed by atoms with van der Waals surface area (Å²) in [6.45, 7) is 5.92. The fourth-order valence-electron chi connectivity index (χ4n) is 2.56. The Balaban J connectivity index is 1.83. The van der Waals surface area contributed by atoms with Crippen LogP contribution in [0.25, 0.3) is 10.8 Å². The summed E-state index contributed by atoms with van der Waals surface area (Å²) in [5, 5.41) is 1.41. The van der Waals surface area contributed by atoms with E-state index in [0.29, 0.717) is 22.1 Å². The first kappa shape index (κ1) is 18.3. The van der Waals surface area contributed by atoms with E-state index in [9.17, 15) is 9.59 Å². The van der Waals surface area contributed by atoms with Crippen LogP contribution in [0.1, 0.15) is 36.7 Å². The van der Waals surface area contributed by atoms with Gasteiger partial charge in [0.1, 0.15) is 10.2 Å². The summed E-state index contributed by atoms with van der Waals surface area (Å²) in [6.07, 6.45) is 3.42. The number of aromatic nitrogens is 2. The largest absolute Gasteiger partial charge is 0.456 e. The third-order valence-corrected chi connectivity index (χ3v) is 4.20. The van der Waals surface area contributed by atoms with E-state index >= 15 is 0 Å². The smallest absolute Gasteiger partial charge is 0.338 e. The van der Waals surface area contributed by atoms with E-state index in [4.69, 9.17) is 4.74 Å². The van der Waals surface area contributed by atoms with Gasteiger partial charge < -0.3 is 9.30 Å². The first-order chi connectivity index (χ1) is 12.2. The predicted molar refractivity (Wildman–Crippen MR) is 104 cm³/mol. The number of halogens is 1. The predicted octanol–water partition coefficient (Wildman–Crippen LogP) is 4.16. The van der Waals surface area contributed by atoms with Crippen LogP contribution in [0.4, 0.5) is 0 Å². The normalized spacial score (nSPS) is 11.5. The Labute approximate surface area is 159 Å². The average Bonchev–Trinajstić information content (AvgIpc) is 2.57. The highest BCUT2D eigenvalue weighted by atomic mass is 79.9. The number of fused-ring (bicyclic) bond motifs is 1. The van der Waals surface area contributed by atoms with Crippen LogP contribution in [0.5, 0.6) is 0 Å². The minimum Gasteiger partial charge on any atom is -0.456 e. The van der Waals surface area contributed by atoms with Crippen molar-refractivity contribution in [3.63, 3.8) is 0 Å². The van der Waals surface area contributed by atoms with Crippen LogP contribution in [0, 0.1) is 0 Å². The van der Waals surface area contributed by atoms with Crippen molar-refractivity contribution < 1.29 is 9.53 Å². The van der Waals surface area contributed by atoms with E-state index in [1.54, 1.807) is 35.2 Å². The summed E-state index contributed by atoms with van der Waals surface area (Å²) in [5.41, 5.74) is 0.801. The fraction of sp³-hybridized carbons (Fsp3) is 0.250. The lowest BCUT2D eigenvalue weighted by molar-refractivity contribution is 0.00695. The molecule has 26 heavy (non-hydrogen) atoms. The molecule has 0 aliphatic rings. The van der Waals surface area contributed by atoms with Gasteiger partial charge in [-0.05, 0) is 66.5 Å². The highest BCUT2D eigenvalue weighted by Gasteiger charge is 2.17. The van der Waals surface area contributed by atoms with Crippen molar-refractivity contribution in [1.29, 1.82) is 0 Å². The summed E-state index contributed by atoms with van der Waals surface area (Å²) in [4.78, 5) is 28.9. The highest BCUT2D eigenvalue weighted by molar-refractivity contribution is 9.10. The number of ether oxygens (including phenoxy) is 1. The molecule has 0 bridgehead atoms. The van der Waals surface area contributed by atoms with Crippen LogP contribution in [0.2, 0.25) is 0 Å². The van der Waals surface area contributed by atoms with Crippen molar-refractivity contribution >= 4 is 32.7 Å². The molecule has 3 aromatic rings. The minimum atomic E-state index is -0.530. The van der Waals surface area contributed by atoms with Crippen LogP contribution in [-0.4, -0.2) is 21.1 Å². The molecule has 2 heterocycles. The van der Waals surface area contributed by atoms with E-state index in [-0.39, 0.29) is 11.5 Å². The summed E-state index contributed by atoms with van der Waals surface area (Å²) >= 11 is 3.30. The van der Waals surface area contributed by atoms with Crippen molar-refractivity contribution in [3.05, 3.63) is 74.9 Å². The van der Waals surface area contributed by atoms with E-state index in [1.165, 1.54) is 0 Å². The maximum absolute atomic E-state index is 12.7. The third-order valence-electron chi connectivity index (χ3n) is 3.77. The highest BCUT2D eigenvalue weighted by Crippen LogP contribution is 2.15. The molecule has 1 aromatic carbocycles. The number of nitrogens with zero attached hydrogens (tertiary/aromatic N) is 2. The number of rotatable bonds is 3. The Morgan fingerprint density at radius 3 is 2.54 bits per heavy atom. The van der Waals surface area contributed by atoms with Gasteiger partial charge in [0.15, 0.2) is 0 Å². The van der Waals surface area contributed by atoms with Gasteiger partial charge in [0, 0.05) is 17.8 Å². The molecule has 6 heteroatoms. The zero-order valence-corrected chi connectivity index (χ0v) is 16.4. The van der Waals surface area contributed by atoms with Crippen LogP contribution in [0.3, 0.4) is 0 Å². The van der Waals surface area contributed by atoms with E-state index in [0.717, 1.165) is 10.9 Å². The molecule has 0 atom stereocenters.